The molecular weight excluding hydrogens is 318 g/mol. The molecule has 0 radical (unpaired) electrons. The average Bonchev–Trinajstić information content (AvgIpc) is 2.93. The van der Waals surface area contributed by atoms with Gasteiger partial charge in [-0.25, -0.2) is 4.98 Å². The molecule has 0 N–H and O–H groups in total. The molecule has 1 aliphatic carbocycles. The molecule has 0 saturated carbocycles. The largest absolute Gasteiger partial charge is 0.297 e. The van der Waals surface area contributed by atoms with Crippen molar-refractivity contribution in [1.82, 2.24) is 14.5 Å². The zero-order valence-electron chi connectivity index (χ0n) is 15.0. The van der Waals surface area contributed by atoms with Gasteiger partial charge in [0.15, 0.2) is 0 Å². The predicted octanol–water partition coefficient (Wildman–Crippen LogP) is 3.75. The summed E-state index contributed by atoms with van der Waals surface area (Å²) in [6, 6.07) is 0. The molecule has 0 aliphatic heterocycles. The van der Waals surface area contributed by atoms with E-state index >= 15 is 0 Å². The first-order chi connectivity index (χ1) is 11.5. The monoisotopic (exact) mass is 345 g/mol. The highest BCUT2D eigenvalue weighted by Gasteiger charge is 2.22. The first kappa shape index (κ1) is 17.4. The van der Waals surface area contributed by atoms with Gasteiger partial charge in [0.25, 0.3) is 5.56 Å². The van der Waals surface area contributed by atoms with Crippen LogP contribution in [0.1, 0.15) is 49.9 Å². The van der Waals surface area contributed by atoms with E-state index in [9.17, 15) is 4.79 Å². The second-order valence-corrected chi connectivity index (χ2v) is 7.81. The zero-order chi connectivity index (χ0) is 17.3. The first-order valence-corrected chi connectivity index (χ1v) is 9.77. The maximum absolute atomic E-state index is 13.2. The highest BCUT2D eigenvalue weighted by atomic mass is 32.1. The Bertz CT molecular complexity index is 814. The molecule has 0 unspecified atom stereocenters. The summed E-state index contributed by atoms with van der Waals surface area (Å²) in [5.74, 6) is 0.873. The van der Waals surface area contributed by atoms with E-state index in [4.69, 9.17) is 4.98 Å². The van der Waals surface area contributed by atoms with Gasteiger partial charge in [-0.15, -0.1) is 11.3 Å². The third kappa shape index (κ3) is 3.20. The molecule has 0 saturated heterocycles. The average molecular weight is 346 g/mol. The lowest BCUT2D eigenvalue weighted by Crippen LogP contribution is -2.31. The lowest BCUT2D eigenvalue weighted by molar-refractivity contribution is 0.282. The molecule has 5 heteroatoms. The molecule has 2 heterocycles. The summed E-state index contributed by atoms with van der Waals surface area (Å²) >= 11 is 1.73. The number of thiophene rings is 1. The van der Waals surface area contributed by atoms with Gasteiger partial charge in [0.05, 0.1) is 11.9 Å². The number of aryl methyl sites for hydroxylation is 2. The van der Waals surface area contributed by atoms with Crippen LogP contribution in [-0.4, -0.2) is 27.5 Å². The Balaban J connectivity index is 2.18. The predicted molar refractivity (Wildman–Crippen MR) is 102 cm³/mol. The summed E-state index contributed by atoms with van der Waals surface area (Å²) in [4.78, 5) is 22.8. The van der Waals surface area contributed by atoms with Crippen LogP contribution in [0, 0.1) is 0 Å². The van der Waals surface area contributed by atoms with Crippen LogP contribution in [0.4, 0.5) is 0 Å². The van der Waals surface area contributed by atoms with E-state index in [1.54, 1.807) is 11.3 Å². The molecule has 24 heavy (non-hydrogen) atoms. The number of nitrogens with zero attached hydrogens (tertiary/aromatic N) is 3. The van der Waals surface area contributed by atoms with E-state index in [1.165, 1.54) is 23.3 Å². The Hall–Kier alpha value is -1.46. The van der Waals surface area contributed by atoms with E-state index in [0.29, 0.717) is 13.1 Å². The van der Waals surface area contributed by atoms with Crippen LogP contribution >= 0.6 is 11.3 Å². The van der Waals surface area contributed by atoms with E-state index in [-0.39, 0.29) is 5.56 Å². The van der Waals surface area contributed by atoms with Gasteiger partial charge in [-0.05, 0) is 51.3 Å². The Morgan fingerprint density at radius 2 is 2.00 bits per heavy atom. The minimum absolute atomic E-state index is 0.129. The molecule has 0 aromatic carbocycles. The minimum Gasteiger partial charge on any atom is -0.297 e. The quantitative estimate of drug-likeness (QED) is 0.748. The van der Waals surface area contributed by atoms with Gasteiger partial charge in [-0.1, -0.05) is 26.0 Å². The van der Waals surface area contributed by atoms with Gasteiger partial charge in [-0.2, -0.15) is 0 Å². The van der Waals surface area contributed by atoms with Gasteiger partial charge in [0, 0.05) is 11.4 Å². The third-order valence-corrected chi connectivity index (χ3v) is 6.03. The van der Waals surface area contributed by atoms with Crippen LogP contribution < -0.4 is 5.56 Å². The summed E-state index contributed by atoms with van der Waals surface area (Å²) in [6.45, 7) is 13.5. The number of hydrogen-bond donors (Lipinski definition) is 0. The molecule has 3 rings (SSSR count). The van der Waals surface area contributed by atoms with E-state index < -0.39 is 0 Å². The smallest absolute Gasteiger partial charge is 0.262 e. The van der Waals surface area contributed by atoms with Gasteiger partial charge >= 0.3 is 0 Å². The molecule has 0 fully saturated rings. The second-order valence-electron chi connectivity index (χ2n) is 6.73. The Morgan fingerprint density at radius 1 is 1.29 bits per heavy atom. The minimum atomic E-state index is 0.129. The fourth-order valence-electron chi connectivity index (χ4n) is 3.48. The molecule has 0 bridgehead atoms. The summed E-state index contributed by atoms with van der Waals surface area (Å²) in [6.07, 6.45) is 4.53. The number of fused-ring (bicyclic) bond motifs is 3. The molecular formula is C19H27N3OS. The lowest BCUT2D eigenvalue weighted by Gasteiger charge is -2.20. The van der Waals surface area contributed by atoms with Crippen molar-refractivity contribution < 1.29 is 0 Å². The van der Waals surface area contributed by atoms with E-state index in [2.05, 4.69) is 25.3 Å². The molecule has 0 atom stereocenters. The Labute approximate surface area is 147 Å². The van der Waals surface area contributed by atoms with Crippen molar-refractivity contribution in [3.63, 3.8) is 0 Å². The van der Waals surface area contributed by atoms with Crippen molar-refractivity contribution >= 4 is 21.6 Å². The second kappa shape index (κ2) is 7.19. The SMILES string of the molecule is C=C(C)Cn1c(CN(CC)CC)nc2sc3c(c2c1=O)CCCC3. The van der Waals surface area contributed by atoms with Crippen LogP contribution in [-0.2, 0) is 25.9 Å². The Morgan fingerprint density at radius 3 is 2.67 bits per heavy atom. The number of rotatable bonds is 6. The fraction of sp³-hybridized carbons (Fsp3) is 0.579. The third-order valence-electron chi connectivity index (χ3n) is 4.84. The first-order valence-electron chi connectivity index (χ1n) is 8.95. The number of hydrogen-bond acceptors (Lipinski definition) is 4. The molecule has 4 nitrogen and oxygen atoms in total. The molecule has 2 aromatic heterocycles. The molecule has 0 amide bonds. The summed E-state index contributed by atoms with van der Waals surface area (Å²) in [5, 5.41) is 0.874. The van der Waals surface area contributed by atoms with Crippen LogP contribution in [0.25, 0.3) is 10.2 Å². The maximum atomic E-state index is 13.2. The topological polar surface area (TPSA) is 38.1 Å². The van der Waals surface area contributed by atoms with Crippen molar-refractivity contribution in [3.8, 4) is 0 Å². The summed E-state index contributed by atoms with van der Waals surface area (Å²) < 4.78 is 1.85. The molecule has 0 spiro atoms. The number of allylic oxidation sites excluding steroid dienone is 1. The van der Waals surface area contributed by atoms with Crippen LogP contribution in [0.3, 0.4) is 0 Å². The van der Waals surface area contributed by atoms with Gasteiger partial charge in [-0.3, -0.25) is 14.3 Å². The van der Waals surface area contributed by atoms with Crippen molar-refractivity contribution in [1.29, 1.82) is 0 Å². The Kier molecular flexibility index (Phi) is 5.21. The van der Waals surface area contributed by atoms with E-state index in [1.807, 2.05) is 11.5 Å². The summed E-state index contributed by atoms with van der Waals surface area (Å²) in [7, 11) is 0. The van der Waals surface area contributed by atoms with Crippen LogP contribution in [0.2, 0.25) is 0 Å². The van der Waals surface area contributed by atoms with E-state index in [0.717, 1.165) is 47.5 Å². The van der Waals surface area contributed by atoms with Crippen molar-refractivity contribution in [2.75, 3.05) is 13.1 Å². The highest BCUT2D eigenvalue weighted by Crippen LogP contribution is 2.33. The van der Waals surface area contributed by atoms with Gasteiger partial charge in [0.1, 0.15) is 10.7 Å². The van der Waals surface area contributed by atoms with Crippen molar-refractivity contribution in [2.24, 2.45) is 0 Å². The van der Waals surface area contributed by atoms with Crippen LogP contribution in [0.15, 0.2) is 16.9 Å². The normalized spacial score (nSPS) is 14.3. The maximum Gasteiger partial charge on any atom is 0.262 e. The number of aromatic nitrogens is 2. The fourth-order valence-corrected chi connectivity index (χ4v) is 4.75. The molecule has 130 valence electrons. The highest BCUT2D eigenvalue weighted by molar-refractivity contribution is 7.18. The summed E-state index contributed by atoms with van der Waals surface area (Å²) in [5.41, 5.74) is 2.39. The standard InChI is InChI=1S/C19H27N3OS/c1-5-21(6-2)12-16-20-18-17(19(23)22(16)11-13(3)4)14-9-7-8-10-15(14)24-18/h3,5-12H2,1-2,4H3. The molecule has 1 aliphatic rings. The molecule has 2 aromatic rings. The lowest BCUT2D eigenvalue weighted by atomic mass is 9.97. The van der Waals surface area contributed by atoms with Gasteiger partial charge < -0.3 is 0 Å². The van der Waals surface area contributed by atoms with Gasteiger partial charge in [0.2, 0.25) is 0 Å². The zero-order valence-corrected chi connectivity index (χ0v) is 15.8. The van der Waals surface area contributed by atoms with Crippen molar-refractivity contribution in [3.05, 3.63) is 38.8 Å². The van der Waals surface area contributed by atoms with Crippen molar-refractivity contribution in [2.45, 2.75) is 59.5 Å². The van der Waals surface area contributed by atoms with Crippen LogP contribution in [0.5, 0.6) is 0 Å².